The largest absolute Gasteiger partial charge is 0.503 e. The van der Waals surface area contributed by atoms with Crippen molar-refractivity contribution < 1.29 is 24.7 Å². The summed E-state index contributed by atoms with van der Waals surface area (Å²) < 4.78 is 1.28. The van der Waals surface area contributed by atoms with E-state index < -0.39 is 22.6 Å². The lowest BCUT2D eigenvalue weighted by atomic mass is 9.83. The SMILES string of the molecule is CCCCC(CCCCNC(C)=O)(CCCNC(=O)c1c(O)c(=O)ccn1CCO)[N+](=O)[O-]. The van der Waals surface area contributed by atoms with E-state index in [4.69, 9.17) is 5.11 Å². The molecule has 0 aliphatic heterocycles. The fourth-order valence-corrected chi connectivity index (χ4v) is 3.80. The lowest BCUT2D eigenvalue weighted by Gasteiger charge is -2.26. The number of aliphatic hydroxyl groups excluding tert-OH is 1. The number of amides is 2. The average molecular weight is 469 g/mol. The maximum Gasteiger partial charge on any atom is 0.271 e. The zero-order valence-corrected chi connectivity index (χ0v) is 19.5. The van der Waals surface area contributed by atoms with Gasteiger partial charge in [-0.1, -0.05) is 13.3 Å². The second kappa shape index (κ2) is 14.2. The Kier molecular flexibility index (Phi) is 12.1. The van der Waals surface area contributed by atoms with E-state index in [0.717, 1.165) is 12.5 Å². The van der Waals surface area contributed by atoms with Gasteiger partial charge in [-0.05, 0) is 25.7 Å². The van der Waals surface area contributed by atoms with Gasteiger partial charge in [-0.3, -0.25) is 24.5 Å². The van der Waals surface area contributed by atoms with E-state index in [9.17, 15) is 29.6 Å². The van der Waals surface area contributed by atoms with Crippen LogP contribution in [-0.4, -0.2) is 56.8 Å². The van der Waals surface area contributed by atoms with Gasteiger partial charge in [0.25, 0.3) is 5.91 Å². The second-order valence-electron chi connectivity index (χ2n) is 8.18. The number of rotatable bonds is 16. The molecule has 1 unspecified atom stereocenters. The number of aliphatic hydroxyl groups is 1. The highest BCUT2D eigenvalue weighted by Gasteiger charge is 2.40. The molecule has 0 aromatic carbocycles. The Morgan fingerprint density at radius 2 is 1.76 bits per heavy atom. The van der Waals surface area contributed by atoms with Gasteiger partial charge in [0.05, 0.1) is 6.61 Å². The molecule has 11 nitrogen and oxygen atoms in total. The molecule has 33 heavy (non-hydrogen) atoms. The van der Waals surface area contributed by atoms with Crippen LogP contribution in [-0.2, 0) is 11.3 Å². The lowest BCUT2D eigenvalue weighted by molar-refractivity contribution is -0.574. The van der Waals surface area contributed by atoms with Gasteiger partial charge in [-0.25, -0.2) is 0 Å². The topological polar surface area (TPSA) is 164 Å². The Hall–Kier alpha value is -2.95. The molecule has 4 N–H and O–H groups in total. The standard InChI is InChI=1S/C22H36N4O7/c1-3-4-9-22(26(32)33,10-5-6-12-23-17(2)28)11-7-13-24-21(31)19-20(30)18(29)8-14-25(19)15-16-27/h8,14,27,30H,3-7,9-13,15-16H2,1-2H3,(H,23,28)(H,24,31). The highest BCUT2D eigenvalue weighted by atomic mass is 16.6. The minimum atomic E-state index is -1.11. The first-order valence-electron chi connectivity index (χ1n) is 11.4. The van der Waals surface area contributed by atoms with E-state index in [1.54, 1.807) is 0 Å². The quantitative estimate of drug-likeness (QED) is 0.162. The number of nitrogens with zero attached hydrogens (tertiary/aromatic N) is 2. The van der Waals surface area contributed by atoms with Gasteiger partial charge in [-0.15, -0.1) is 0 Å². The molecule has 0 spiro atoms. The van der Waals surface area contributed by atoms with Gasteiger partial charge < -0.3 is 25.4 Å². The van der Waals surface area contributed by atoms with E-state index in [1.807, 2.05) is 6.92 Å². The highest BCUT2D eigenvalue weighted by Crippen LogP contribution is 2.30. The van der Waals surface area contributed by atoms with E-state index in [2.05, 4.69) is 10.6 Å². The van der Waals surface area contributed by atoms with E-state index in [1.165, 1.54) is 17.7 Å². The Morgan fingerprint density at radius 3 is 2.36 bits per heavy atom. The molecule has 0 radical (unpaired) electrons. The second-order valence-corrected chi connectivity index (χ2v) is 8.18. The third-order valence-corrected chi connectivity index (χ3v) is 5.64. The molecule has 1 rings (SSSR count). The van der Waals surface area contributed by atoms with Crippen molar-refractivity contribution in [3.8, 4) is 5.75 Å². The van der Waals surface area contributed by atoms with Crippen LogP contribution in [0.4, 0.5) is 0 Å². The number of pyridine rings is 1. The molecule has 1 aromatic heterocycles. The molecular formula is C22H36N4O7. The fourth-order valence-electron chi connectivity index (χ4n) is 3.80. The molecular weight excluding hydrogens is 432 g/mol. The number of carbonyl (C=O) groups excluding carboxylic acids is 2. The van der Waals surface area contributed by atoms with Crippen LogP contribution in [0.5, 0.6) is 5.75 Å². The molecule has 11 heteroatoms. The van der Waals surface area contributed by atoms with Crippen molar-refractivity contribution in [2.75, 3.05) is 19.7 Å². The Morgan fingerprint density at radius 1 is 1.12 bits per heavy atom. The van der Waals surface area contributed by atoms with Crippen LogP contribution < -0.4 is 16.1 Å². The molecule has 0 saturated carbocycles. The van der Waals surface area contributed by atoms with Crippen molar-refractivity contribution in [2.24, 2.45) is 0 Å². The van der Waals surface area contributed by atoms with Crippen molar-refractivity contribution >= 4 is 11.8 Å². The monoisotopic (exact) mass is 468 g/mol. The van der Waals surface area contributed by atoms with Crippen LogP contribution in [0.25, 0.3) is 0 Å². The number of aromatic nitrogens is 1. The number of unbranched alkanes of at least 4 members (excludes halogenated alkanes) is 2. The average Bonchev–Trinajstić information content (AvgIpc) is 2.76. The van der Waals surface area contributed by atoms with Crippen molar-refractivity contribution in [1.29, 1.82) is 0 Å². The van der Waals surface area contributed by atoms with Crippen LogP contribution in [0.15, 0.2) is 17.1 Å². The van der Waals surface area contributed by atoms with Crippen molar-refractivity contribution in [1.82, 2.24) is 15.2 Å². The van der Waals surface area contributed by atoms with E-state index >= 15 is 0 Å². The summed E-state index contributed by atoms with van der Waals surface area (Å²) in [6.45, 7) is 3.75. The smallest absolute Gasteiger partial charge is 0.271 e. The van der Waals surface area contributed by atoms with Crippen LogP contribution in [0.2, 0.25) is 0 Å². The van der Waals surface area contributed by atoms with Gasteiger partial charge in [0.1, 0.15) is 0 Å². The van der Waals surface area contributed by atoms with Gasteiger partial charge in [-0.2, -0.15) is 0 Å². The summed E-state index contributed by atoms with van der Waals surface area (Å²) in [4.78, 5) is 47.0. The number of nitrogens with one attached hydrogen (secondary N) is 2. The molecule has 0 aliphatic carbocycles. The van der Waals surface area contributed by atoms with Gasteiger partial charge in [0, 0.05) is 63.0 Å². The van der Waals surface area contributed by atoms with Crippen LogP contribution >= 0.6 is 0 Å². The predicted octanol–water partition coefficient (Wildman–Crippen LogP) is 1.57. The first kappa shape index (κ1) is 28.1. The van der Waals surface area contributed by atoms with Gasteiger partial charge in [0.2, 0.25) is 16.9 Å². The van der Waals surface area contributed by atoms with Crippen molar-refractivity contribution in [2.45, 2.75) is 77.3 Å². The van der Waals surface area contributed by atoms with Crippen molar-refractivity contribution in [3.05, 3.63) is 38.3 Å². The van der Waals surface area contributed by atoms with Gasteiger partial charge >= 0.3 is 0 Å². The maximum absolute atomic E-state index is 12.6. The first-order valence-corrected chi connectivity index (χ1v) is 11.4. The molecule has 0 bridgehead atoms. The third kappa shape index (κ3) is 8.83. The molecule has 0 fully saturated rings. The summed E-state index contributed by atoms with van der Waals surface area (Å²) in [5.74, 6) is -1.52. The zero-order valence-electron chi connectivity index (χ0n) is 19.5. The van der Waals surface area contributed by atoms with Gasteiger partial charge in [0.15, 0.2) is 11.4 Å². The van der Waals surface area contributed by atoms with E-state index in [-0.39, 0.29) is 42.6 Å². The summed E-state index contributed by atoms with van der Waals surface area (Å²) in [5, 5.41) is 36.5. The Balaban J connectivity index is 2.77. The lowest BCUT2D eigenvalue weighted by Crippen LogP contribution is -2.40. The minimum Gasteiger partial charge on any atom is -0.503 e. The number of nitro groups is 1. The normalized spacial score (nSPS) is 12.7. The van der Waals surface area contributed by atoms with Crippen LogP contribution in [0, 0.1) is 10.1 Å². The zero-order chi connectivity index (χ0) is 24.9. The van der Waals surface area contributed by atoms with E-state index in [0.29, 0.717) is 45.1 Å². The number of hydrogen-bond acceptors (Lipinski definition) is 7. The molecule has 1 atom stereocenters. The highest BCUT2D eigenvalue weighted by molar-refractivity contribution is 5.95. The molecule has 0 aliphatic rings. The minimum absolute atomic E-state index is 0.0243. The molecule has 2 amide bonds. The number of hydrogen-bond donors (Lipinski definition) is 4. The predicted molar refractivity (Wildman–Crippen MR) is 123 cm³/mol. The van der Waals surface area contributed by atoms with Crippen molar-refractivity contribution in [3.63, 3.8) is 0 Å². The summed E-state index contributed by atoms with van der Waals surface area (Å²) in [5.41, 5.74) is -2.06. The summed E-state index contributed by atoms with van der Waals surface area (Å²) in [6, 6.07) is 1.10. The maximum atomic E-state index is 12.6. The van der Waals surface area contributed by atoms with Crippen LogP contribution in [0.1, 0.15) is 75.7 Å². The molecule has 0 saturated heterocycles. The fraction of sp³-hybridized carbons (Fsp3) is 0.682. The Bertz CT molecular complexity index is 856. The Labute approximate surface area is 193 Å². The van der Waals surface area contributed by atoms with Crippen LogP contribution in [0.3, 0.4) is 0 Å². The molecule has 186 valence electrons. The first-order chi connectivity index (χ1) is 15.7. The molecule has 1 heterocycles. The third-order valence-electron chi connectivity index (χ3n) is 5.64. The summed E-state index contributed by atoms with van der Waals surface area (Å²) in [7, 11) is 0. The summed E-state index contributed by atoms with van der Waals surface area (Å²) in [6.07, 6.45) is 5.53. The number of carbonyl (C=O) groups is 2. The number of aromatic hydroxyl groups is 1. The molecule has 1 aromatic rings. The summed E-state index contributed by atoms with van der Waals surface area (Å²) >= 11 is 0.